The minimum absolute atomic E-state index is 0.404. The van der Waals surface area contributed by atoms with Crippen LogP contribution in [0.5, 0.6) is 0 Å². The molecule has 0 bridgehead atoms. The predicted molar refractivity (Wildman–Crippen MR) is 62.6 cm³/mol. The molecule has 0 fully saturated rings. The Morgan fingerprint density at radius 3 is 2.69 bits per heavy atom. The highest BCUT2D eigenvalue weighted by Crippen LogP contribution is 2.32. The van der Waals surface area contributed by atoms with E-state index >= 15 is 0 Å². The number of rotatable bonds is 4. The highest BCUT2D eigenvalue weighted by molar-refractivity contribution is 9.09. The molecule has 0 aliphatic rings. The molecule has 0 aliphatic carbocycles. The van der Waals surface area contributed by atoms with E-state index < -0.39 is 0 Å². The van der Waals surface area contributed by atoms with Gasteiger partial charge in [-0.2, -0.15) is 0 Å². The Morgan fingerprint density at radius 1 is 1.38 bits per heavy atom. The Kier molecular flexibility index (Phi) is 4.82. The lowest BCUT2D eigenvalue weighted by Gasteiger charge is -2.10. The van der Waals surface area contributed by atoms with Crippen LogP contribution < -0.4 is 0 Å². The highest BCUT2D eigenvalue weighted by Gasteiger charge is 2.09. The zero-order valence-electron chi connectivity index (χ0n) is 7.76. The van der Waals surface area contributed by atoms with Gasteiger partial charge in [-0.1, -0.05) is 65.5 Å². The van der Waals surface area contributed by atoms with Crippen molar-refractivity contribution in [2.45, 2.75) is 31.0 Å². The first-order valence-corrected chi connectivity index (χ1v) is 5.93. The maximum absolute atomic E-state index is 6.07. The summed E-state index contributed by atoms with van der Waals surface area (Å²) in [5.74, 6) is 0. The third kappa shape index (κ3) is 3.32. The first kappa shape index (κ1) is 11.1. The van der Waals surface area contributed by atoms with Gasteiger partial charge in [0.15, 0.2) is 0 Å². The highest BCUT2D eigenvalue weighted by atomic mass is 79.9. The van der Waals surface area contributed by atoms with E-state index in [1.807, 2.05) is 18.2 Å². The van der Waals surface area contributed by atoms with Crippen molar-refractivity contribution in [3.8, 4) is 0 Å². The van der Waals surface area contributed by atoms with Crippen molar-refractivity contribution in [3.63, 3.8) is 0 Å². The molecule has 0 nitrogen and oxygen atoms in total. The van der Waals surface area contributed by atoms with Gasteiger partial charge < -0.3 is 0 Å². The fourth-order valence-electron chi connectivity index (χ4n) is 1.27. The minimum atomic E-state index is 0.404. The Bertz CT molecular complexity index is 260. The molecule has 0 aliphatic heterocycles. The maximum Gasteiger partial charge on any atom is 0.0449 e. The van der Waals surface area contributed by atoms with E-state index in [0.717, 1.165) is 11.4 Å². The number of alkyl halides is 1. The lowest BCUT2D eigenvalue weighted by Crippen LogP contribution is -1.90. The standard InChI is InChI=1S/C11H14BrCl/c1-2-3-7-10(12)9-6-4-5-8-11(9)13/h4-6,8,10H,2-3,7H2,1H3. The molecule has 1 aromatic rings. The summed E-state index contributed by atoms with van der Waals surface area (Å²) in [7, 11) is 0. The van der Waals surface area contributed by atoms with E-state index in [-0.39, 0.29) is 0 Å². The number of benzene rings is 1. The van der Waals surface area contributed by atoms with Crippen molar-refractivity contribution >= 4 is 27.5 Å². The summed E-state index contributed by atoms with van der Waals surface area (Å²) in [4.78, 5) is 0.404. The van der Waals surface area contributed by atoms with Gasteiger partial charge in [-0.3, -0.25) is 0 Å². The lowest BCUT2D eigenvalue weighted by atomic mass is 10.1. The summed E-state index contributed by atoms with van der Waals surface area (Å²) in [5, 5.41) is 0.862. The quantitative estimate of drug-likeness (QED) is 0.672. The molecule has 0 saturated heterocycles. The molecule has 0 amide bonds. The predicted octanol–water partition coefficient (Wildman–Crippen LogP) is 4.97. The molecule has 1 atom stereocenters. The third-order valence-electron chi connectivity index (χ3n) is 2.05. The van der Waals surface area contributed by atoms with E-state index in [4.69, 9.17) is 11.6 Å². The minimum Gasteiger partial charge on any atom is -0.0840 e. The van der Waals surface area contributed by atoms with Gasteiger partial charge in [0.1, 0.15) is 0 Å². The molecular formula is C11H14BrCl. The molecule has 1 rings (SSSR count). The van der Waals surface area contributed by atoms with Gasteiger partial charge in [0.25, 0.3) is 0 Å². The lowest BCUT2D eigenvalue weighted by molar-refractivity contribution is 0.713. The second-order valence-electron chi connectivity index (χ2n) is 3.13. The average molecular weight is 262 g/mol. The maximum atomic E-state index is 6.07. The van der Waals surface area contributed by atoms with Crippen molar-refractivity contribution in [1.82, 2.24) is 0 Å². The molecule has 2 heteroatoms. The van der Waals surface area contributed by atoms with Gasteiger partial charge >= 0.3 is 0 Å². The monoisotopic (exact) mass is 260 g/mol. The summed E-state index contributed by atoms with van der Waals surface area (Å²) in [6, 6.07) is 8.02. The Balaban J connectivity index is 2.65. The number of halogens is 2. The van der Waals surface area contributed by atoms with Gasteiger partial charge in [-0.05, 0) is 18.1 Å². The Morgan fingerprint density at radius 2 is 2.08 bits per heavy atom. The third-order valence-corrected chi connectivity index (χ3v) is 3.35. The zero-order chi connectivity index (χ0) is 9.68. The molecule has 0 spiro atoms. The van der Waals surface area contributed by atoms with Crippen molar-refractivity contribution in [2.75, 3.05) is 0 Å². The van der Waals surface area contributed by atoms with Crippen LogP contribution >= 0.6 is 27.5 Å². The van der Waals surface area contributed by atoms with Crippen LogP contribution in [0.1, 0.15) is 36.6 Å². The summed E-state index contributed by atoms with van der Waals surface area (Å²) in [6.45, 7) is 2.20. The van der Waals surface area contributed by atoms with Crippen molar-refractivity contribution in [3.05, 3.63) is 34.9 Å². The Labute approximate surface area is 93.4 Å². The summed E-state index contributed by atoms with van der Waals surface area (Å²) < 4.78 is 0. The topological polar surface area (TPSA) is 0 Å². The van der Waals surface area contributed by atoms with Gasteiger partial charge in [0.2, 0.25) is 0 Å². The van der Waals surface area contributed by atoms with Crippen LogP contribution in [0, 0.1) is 0 Å². The van der Waals surface area contributed by atoms with Crippen LogP contribution in [0.2, 0.25) is 5.02 Å². The van der Waals surface area contributed by atoms with Crippen molar-refractivity contribution in [2.24, 2.45) is 0 Å². The summed E-state index contributed by atoms with van der Waals surface area (Å²) in [6.07, 6.45) is 3.62. The van der Waals surface area contributed by atoms with E-state index in [0.29, 0.717) is 4.83 Å². The van der Waals surface area contributed by atoms with Crippen LogP contribution in [0.4, 0.5) is 0 Å². The molecule has 0 radical (unpaired) electrons. The van der Waals surface area contributed by atoms with E-state index in [1.165, 1.54) is 18.4 Å². The SMILES string of the molecule is CCCCC(Br)c1ccccc1Cl. The van der Waals surface area contributed by atoms with Crippen molar-refractivity contribution < 1.29 is 0 Å². The van der Waals surface area contributed by atoms with Gasteiger partial charge in [0, 0.05) is 9.85 Å². The van der Waals surface area contributed by atoms with E-state index in [1.54, 1.807) is 0 Å². The van der Waals surface area contributed by atoms with E-state index in [9.17, 15) is 0 Å². The Hall–Kier alpha value is -0.0100. The smallest absolute Gasteiger partial charge is 0.0449 e. The largest absolute Gasteiger partial charge is 0.0840 e. The molecular weight excluding hydrogens is 247 g/mol. The molecule has 0 heterocycles. The van der Waals surface area contributed by atoms with Crippen LogP contribution in [0.3, 0.4) is 0 Å². The average Bonchev–Trinajstić information content (AvgIpc) is 2.15. The molecule has 0 saturated carbocycles. The van der Waals surface area contributed by atoms with Crippen LogP contribution in [0.15, 0.2) is 24.3 Å². The molecule has 1 aromatic carbocycles. The fourth-order valence-corrected chi connectivity index (χ4v) is 2.39. The van der Waals surface area contributed by atoms with Crippen LogP contribution in [0.25, 0.3) is 0 Å². The van der Waals surface area contributed by atoms with Gasteiger partial charge in [0.05, 0.1) is 0 Å². The van der Waals surface area contributed by atoms with E-state index in [2.05, 4.69) is 28.9 Å². The molecule has 1 unspecified atom stereocenters. The first-order chi connectivity index (χ1) is 6.25. The second kappa shape index (κ2) is 5.66. The zero-order valence-corrected chi connectivity index (χ0v) is 10.1. The normalized spacial score (nSPS) is 12.8. The summed E-state index contributed by atoms with van der Waals surface area (Å²) >= 11 is 9.72. The molecule has 72 valence electrons. The second-order valence-corrected chi connectivity index (χ2v) is 4.64. The van der Waals surface area contributed by atoms with Gasteiger partial charge in [-0.25, -0.2) is 0 Å². The molecule has 0 N–H and O–H groups in total. The molecule has 0 aromatic heterocycles. The summed E-state index contributed by atoms with van der Waals surface area (Å²) in [5.41, 5.74) is 1.21. The van der Waals surface area contributed by atoms with Crippen LogP contribution in [-0.4, -0.2) is 0 Å². The fraction of sp³-hybridized carbons (Fsp3) is 0.455. The number of unbranched alkanes of at least 4 members (excludes halogenated alkanes) is 1. The first-order valence-electron chi connectivity index (χ1n) is 4.64. The number of hydrogen-bond donors (Lipinski definition) is 0. The van der Waals surface area contributed by atoms with Crippen molar-refractivity contribution in [1.29, 1.82) is 0 Å². The molecule has 13 heavy (non-hydrogen) atoms. The van der Waals surface area contributed by atoms with Gasteiger partial charge in [-0.15, -0.1) is 0 Å². The number of hydrogen-bond acceptors (Lipinski definition) is 0. The van der Waals surface area contributed by atoms with Crippen LogP contribution in [-0.2, 0) is 0 Å².